The van der Waals surface area contributed by atoms with Gasteiger partial charge >= 0.3 is 0 Å². The summed E-state index contributed by atoms with van der Waals surface area (Å²) in [6.45, 7) is 5.72. The van der Waals surface area contributed by atoms with E-state index in [1.165, 1.54) is 18.5 Å². The Bertz CT molecular complexity index is 972. The maximum atomic E-state index is 6.14. The molecule has 0 atom stereocenters. The van der Waals surface area contributed by atoms with Gasteiger partial charge in [-0.05, 0) is 32.8 Å². The molecule has 1 saturated heterocycles. The zero-order valence-electron chi connectivity index (χ0n) is 15.8. The summed E-state index contributed by atoms with van der Waals surface area (Å²) < 4.78 is 8.12. The van der Waals surface area contributed by atoms with Gasteiger partial charge in [-0.2, -0.15) is 5.10 Å². The zero-order chi connectivity index (χ0) is 18.4. The molecule has 0 radical (unpaired) electrons. The lowest BCUT2D eigenvalue weighted by molar-refractivity contribution is 0.161. The maximum Gasteiger partial charge on any atom is 0.235 e. The molecule has 3 aromatic heterocycles. The molecule has 0 spiro atoms. The molecule has 7 nitrogen and oxygen atoms in total. The van der Waals surface area contributed by atoms with Crippen molar-refractivity contribution < 1.29 is 4.74 Å². The molecule has 3 aromatic rings. The van der Waals surface area contributed by atoms with E-state index in [2.05, 4.69) is 25.9 Å². The van der Waals surface area contributed by atoms with Crippen LogP contribution in [-0.2, 0) is 0 Å². The molecule has 1 aliphatic carbocycles. The first-order valence-electron chi connectivity index (χ1n) is 9.73. The van der Waals surface area contributed by atoms with E-state index in [0.29, 0.717) is 11.8 Å². The van der Waals surface area contributed by atoms with E-state index in [9.17, 15) is 0 Å². The number of aryl methyl sites for hydroxylation is 2. The standard InChI is InChI=1S/C20H24N6O/c1-13-12-22-14(2)20(23-13)27-16-5-8-25(9-6-16)19-18-11-17(15-3-4-15)24-26(18)10-7-21-19/h7,10-12,15-16H,3-6,8-9H2,1-2H3. The Kier molecular flexibility index (Phi) is 3.95. The summed E-state index contributed by atoms with van der Waals surface area (Å²) in [7, 11) is 0. The Morgan fingerprint density at radius 1 is 1.07 bits per heavy atom. The summed E-state index contributed by atoms with van der Waals surface area (Å²) in [5.74, 6) is 2.34. The van der Waals surface area contributed by atoms with Crippen LogP contribution in [0.1, 0.15) is 48.7 Å². The summed E-state index contributed by atoms with van der Waals surface area (Å²) >= 11 is 0. The molecular weight excluding hydrogens is 340 g/mol. The van der Waals surface area contributed by atoms with E-state index in [-0.39, 0.29) is 6.10 Å². The van der Waals surface area contributed by atoms with Crippen LogP contribution in [0.4, 0.5) is 5.82 Å². The lowest BCUT2D eigenvalue weighted by atomic mass is 10.1. The number of anilines is 1. The van der Waals surface area contributed by atoms with Crippen LogP contribution in [0.25, 0.3) is 5.52 Å². The highest BCUT2D eigenvalue weighted by Crippen LogP contribution is 2.40. The smallest absolute Gasteiger partial charge is 0.235 e. The van der Waals surface area contributed by atoms with E-state index in [4.69, 9.17) is 9.84 Å². The third-order valence-corrected chi connectivity index (χ3v) is 5.44. The average Bonchev–Trinajstić information content (AvgIpc) is 3.44. The quantitative estimate of drug-likeness (QED) is 0.709. The van der Waals surface area contributed by atoms with Crippen LogP contribution in [0.5, 0.6) is 5.88 Å². The van der Waals surface area contributed by atoms with Gasteiger partial charge in [0, 0.05) is 50.4 Å². The molecular formula is C20H24N6O. The topological polar surface area (TPSA) is 68.4 Å². The minimum Gasteiger partial charge on any atom is -0.473 e. The number of aromatic nitrogens is 5. The highest BCUT2D eigenvalue weighted by atomic mass is 16.5. The van der Waals surface area contributed by atoms with Crippen molar-refractivity contribution in [3.05, 3.63) is 41.7 Å². The van der Waals surface area contributed by atoms with Gasteiger partial charge in [-0.15, -0.1) is 0 Å². The van der Waals surface area contributed by atoms with Crippen LogP contribution >= 0.6 is 0 Å². The number of nitrogens with zero attached hydrogens (tertiary/aromatic N) is 6. The summed E-state index contributed by atoms with van der Waals surface area (Å²) in [5, 5.41) is 4.73. The number of rotatable bonds is 4. The fourth-order valence-electron chi connectivity index (χ4n) is 3.72. The molecule has 0 amide bonds. The molecule has 0 aromatic carbocycles. The van der Waals surface area contributed by atoms with Crippen LogP contribution in [0.3, 0.4) is 0 Å². The van der Waals surface area contributed by atoms with E-state index < -0.39 is 0 Å². The molecule has 2 fully saturated rings. The highest BCUT2D eigenvalue weighted by Gasteiger charge is 2.28. The van der Waals surface area contributed by atoms with Gasteiger partial charge in [-0.1, -0.05) is 0 Å². The fraction of sp³-hybridized carbons (Fsp3) is 0.500. The van der Waals surface area contributed by atoms with Crippen LogP contribution in [-0.4, -0.2) is 43.8 Å². The Morgan fingerprint density at radius 3 is 2.67 bits per heavy atom. The molecule has 7 heteroatoms. The van der Waals surface area contributed by atoms with Gasteiger partial charge in [0.2, 0.25) is 5.88 Å². The number of hydrogen-bond donors (Lipinski definition) is 0. The molecule has 0 N–H and O–H groups in total. The van der Waals surface area contributed by atoms with Gasteiger partial charge in [-0.3, -0.25) is 4.98 Å². The van der Waals surface area contributed by atoms with E-state index >= 15 is 0 Å². The normalized spacial score (nSPS) is 18.2. The summed E-state index contributed by atoms with van der Waals surface area (Å²) in [6.07, 6.45) is 10.2. The second-order valence-electron chi connectivity index (χ2n) is 7.63. The first-order chi connectivity index (χ1) is 13.2. The molecule has 0 unspecified atom stereocenters. The first kappa shape index (κ1) is 16.5. The molecule has 140 valence electrons. The zero-order valence-corrected chi connectivity index (χ0v) is 15.8. The van der Waals surface area contributed by atoms with Crippen LogP contribution in [0.15, 0.2) is 24.7 Å². The monoisotopic (exact) mass is 364 g/mol. The minimum absolute atomic E-state index is 0.169. The second kappa shape index (κ2) is 6.48. The summed E-state index contributed by atoms with van der Waals surface area (Å²) in [4.78, 5) is 15.8. The van der Waals surface area contributed by atoms with E-state index in [0.717, 1.165) is 48.7 Å². The van der Waals surface area contributed by atoms with Crippen LogP contribution < -0.4 is 9.64 Å². The Balaban J connectivity index is 1.30. The molecule has 1 aliphatic heterocycles. The van der Waals surface area contributed by atoms with Crippen molar-refractivity contribution in [1.82, 2.24) is 24.6 Å². The average molecular weight is 364 g/mol. The highest BCUT2D eigenvalue weighted by molar-refractivity contribution is 5.69. The molecule has 2 aliphatic rings. The van der Waals surface area contributed by atoms with Crippen molar-refractivity contribution in [2.75, 3.05) is 18.0 Å². The maximum absolute atomic E-state index is 6.14. The molecule has 4 heterocycles. The minimum atomic E-state index is 0.169. The van der Waals surface area contributed by atoms with Crippen molar-refractivity contribution in [2.24, 2.45) is 0 Å². The van der Waals surface area contributed by atoms with Crippen molar-refractivity contribution in [1.29, 1.82) is 0 Å². The lowest BCUT2D eigenvalue weighted by Gasteiger charge is -2.33. The number of ether oxygens (including phenoxy) is 1. The largest absolute Gasteiger partial charge is 0.473 e. The van der Waals surface area contributed by atoms with Crippen molar-refractivity contribution in [2.45, 2.75) is 51.6 Å². The van der Waals surface area contributed by atoms with Gasteiger partial charge < -0.3 is 9.64 Å². The van der Waals surface area contributed by atoms with Crippen LogP contribution in [0.2, 0.25) is 0 Å². The summed E-state index contributed by atoms with van der Waals surface area (Å²) in [5.41, 5.74) is 4.05. The van der Waals surface area contributed by atoms with Gasteiger partial charge in [0.25, 0.3) is 0 Å². The van der Waals surface area contributed by atoms with E-state index in [1.54, 1.807) is 6.20 Å². The van der Waals surface area contributed by atoms with Gasteiger partial charge in [0.05, 0.1) is 17.1 Å². The Labute approximate surface area is 158 Å². The molecule has 1 saturated carbocycles. The van der Waals surface area contributed by atoms with Gasteiger partial charge in [-0.25, -0.2) is 14.5 Å². The molecule has 27 heavy (non-hydrogen) atoms. The van der Waals surface area contributed by atoms with Gasteiger partial charge in [0.15, 0.2) is 5.82 Å². The number of piperidine rings is 1. The van der Waals surface area contributed by atoms with Crippen molar-refractivity contribution in [3.63, 3.8) is 0 Å². The molecule has 0 bridgehead atoms. The first-order valence-corrected chi connectivity index (χ1v) is 9.73. The number of hydrogen-bond acceptors (Lipinski definition) is 6. The lowest BCUT2D eigenvalue weighted by Crippen LogP contribution is -2.39. The van der Waals surface area contributed by atoms with E-state index in [1.807, 2.05) is 30.8 Å². The van der Waals surface area contributed by atoms with Crippen molar-refractivity contribution in [3.8, 4) is 5.88 Å². The third-order valence-electron chi connectivity index (χ3n) is 5.44. The Hall–Kier alpha value is -2.70. The van der Waals surface area contributed by atoms with Gasteiger partial charge in [0.1, 0.15) is 11.6 Å². The van der Waals surface area contributed by atoms with Crippen molar-refractivity contribution >= 4 is 11.3 Å². The predicted molar refractivity (Wildman–Crippen MR) is 102 cm³/mol. The fourth-order valence-corrected chi connectivity index (χ4v) is 3.72. The van der Waals surface area contributed by atoms with Crippen LogP contribution in [0, 0.1) is 13.8 Å². The third kappa shape index (κ3) is 3.22. The summed E-state index contributed by atoms with van der Waals surface area (Å²) in [6, 6.07) is 2.22. The second-order valence-corrected chi connectivity index (χ2v) is 7.63. The predicted octanol–water partition coefficient (Wildman–Crippen LogP) is 3.06. The molecule has 5 rings (SSSR count). The number of fused-ring (bicyclic) bond motifs is 1. The Morgan fingerprint density at radius 2 is 1.89 bits per heavy atom. The SMILES string of the molecule is Cc1cnc(C)c(OC2CCN(c3nccn4nc(C5CC5)cc34)CC2)n1.